The van der Waals surface area contributed by atoms with Crippen LogP contribution in [0.1, 0.15) is 22.3 Å². The van der Waals surface area contributed by atoms with E-state index in [4.69, 9.17) is 4.74 Å². The van der Waals surface area contributed by atoms with Gasteiger partial charge in [0.1, 0.15) is 5.75 Å². The first-order chi connectivity index (χ1) is 13.2. The fraction of sp³-hybridized carbons (Fsp3) is 0.286. The first-order valence-corrected chi connectivity index (χ1v) is 8.98. The SMILES string of the molecule is COc1cccc(/C=C/C(=O)N2CCCN(C(=O)c3cccnc3)CC2)c1. The second-order valence-corrected chi connectivity index (χ2v) is 6.32. The van der Waals surface area contributed by atoms with Crippen molar-refractivity contribution >= 4 is 17.9 Å². The van der Waals surface area contributed by atoms with Gasteiger partial charge in [-0.25, -0.2) is 0 Å². The van der Waals surface area contributed by atoms with E-state index < -0.39 is 0 Å². The fourth-order valence-corrected chi connectivity index (χ4v) is 3.03. The molecule has 1 aromatic carbocycles. The smallest absolute Gasteiger partial charge is 0.255 e. The molecule has 6 nitrogen and oxygen atoms in total. The number of benzene rings is 1. The van der Waals surface area contributed by atoms with Crippen molar-refractivity contribution in [2.45, 2.75) is 6.42 Å². The van der Waals surface area contributed by atoms with Crippen molar-refractivity contribution in [1.82, 2.24) is 14.8 Å². The summed E-state index contributed by atoms with van der Waals surface area (Å²) in [7, 11) is 1.61. The molecule has 3 rings (SSSR count). The number of rotatable bonds is 4. The van der Waals surface area contributed by atoms with Gasteiger partial charge < -0.3 is 14.5 Å². The lowest BCUT2D eigenvalue weighted by molar-refractivity contribution is -0.125. The Labute approximate surface area is 159 Å². The predicted molar refractivity (Wildman–Crippen MR) is 103 cm³/mol. The lowest BCUT2D eigenvalue weighted by Gasteiger charge is -2.21. The van der Waals surface area contributed by atoms with Crippen molar-refractivity contribution in [2.24, 2.45) is 0 Å². The van der Waals surface area contributed by atoms with Gasteiger partial charge in [0.15, 0.2) is 0 Å². The highest BCUT2D eigenvalue weighted by atomic mass is 16.5. The van der Waals surface area contributed by atoms with Gasteiger partial charge in [-0.15, -0.1) is 0 Å². The summed E-state index contributed by atoms with van der Waals surface area (Å²) >= 11 is 0. The monoisotopic (exact) mass is 365 g/mol. The number of amides is 2. The Hall–Kier alpha value is -3.15. The molecule has 2 aromatic rings. The molecule has 6 heteroatoms. The van der Waals surface area contributed by atoms with Crippen molar-refractivity contribution < 1.29 is 14.3 Å². The van der Waals surface area contributed by atoms with E-state index in [9.17, 15) is 9.59 Å². The molecule has 0 bridgehead atoms. The second kappa shape index (κ2) is 8.98. The van der Waals surface area contributed by atoms with Crippen molar-refractivity contribution in [3.05, 3.63) is 66.0 Å². The van der Waals surface area contributed by atoms with E-state index in [0.29, 0.717) is 31.7 Å². The molecule has 0 saturated carbocycles. The van der Waals surface area contributed by atoms with Crippen molar-refractivity contribution in [3.63, 3.8) is 0 Å². The largest absolute Gasteiger partial charge is 0.497 e. The normalized spacial score (nSPS) is 14.9. The van der Waals surface area contributed by atoms with Crippen LogP contribution in [0.5, 0.6) is 5.75 Å². The summed E-state index contributed by atoms with van der Waals surface area (Å²) in [4.78, 5) is 32.7. The highest BCUT2D eigenvalue weighted by Gasteiger charge is 2.21. The fourth-order valence-electron chi connectivity index (χ4n) is 3.03. The molecule has 1 aliphatic rings. The summed E-state index contributed by atoms with van der Waals surface area (Å²) in [6, 6.07) is 11.1. The van der Waals surface area contributed by atoms with Crippen LogP contribution in [0.4, 0.5) is 0 Å². The predicted octanol–water partition coefficient (Wildman–Crippen LogP) is 2.48. The molecule has 27 heavy (non-hydrogen) atoms. The molecule has 0 aliphatic carbocycles. The number of hydrogen-bond donors (Lipinski definition) is 0. The molecule has 2 amide bonds. The summed E-state index contributed by atoms with van der Waals surface area (Å²) in [6.45, 7) is 2.31. The molecule has 1 fully saturated rings. The third-order valence-corrected chi connectivity index (χ3v) is 4.52. The molecule has 2 heterocycles. The maximum Gasteiger partial charge on any atom is 0.255 e. The quantitative estimate of drug-likeness (QED) is 0.781. The summed E-state index contributed by atoms with van der Waals surface area (Å²) < 4.78 is 5.19. The molecule has 1 aliphatic heterocycles. The van der Waals surface area contributed by atoms with E-state index in [2.05, 4.69) is 4.98 Å². The summed E-state index contributed by atoms with van der Waals surface area (Å²) in [5, 5.41) is 0. The Balaban J connectivity index is 1.59. The molecular formula is C21H23N3O3. The lowest BCUT2D eigenvalue weighted by atomic mass is 10.2. The number of carbonyl (C=O) groups is 2. The molecule has 1 aromatic heterocycles. The number of carbonyl (C=O) groups excluding carboxylic acids is 2. The van der Waals surface area contributed by atoms with Crippen LogP contribution in [0.15, 0.2) is 54.9 Å². The Morgan fingerprint density at radius 1 is 1.07 bits per heavy atom. The van der Waals surface area contributed by atoms with Crippen LogP contribution in [0.2, 0.25) is 0 Å². The Kier molecular flexibility index (Phi) is 6.20. The number of nitrogens with zero attached hydrogens (tertiary/aromatic N) is 3. The molecule has 0 spiro atoms. The average molecular weight is 365 g/mol. The van der Waals surface area contributed by atoms with Crippen LogP contribution < -0.4 is 4.74 Å². The van der Waals surface area contributed by atoms with Gasteiger partial charge in [-0.3, -0.25) is 14.6 Å². The van der Waals surface area contributed by atoms with Gasteiger partial charge in [0.25, 0.3) is 5.91 Å². The average Bonchev–Trinajstić information content (AvgIpc) is 2.98. The lowest BCUT2D eigenvalue weighted by Crippen LogP contribution is -2.36. The maximum atomic E-state index is 12.6. The first kappa shape index (κ1) is 18.6. The minimum Gasteiger partial charge on any atom is -0.497 e. The Morgan fingerprint density at radius 3 is 2.67 bits per heavy atom. The zero-order chi connectivity index (χ0) is 19.1. The van der Waals surface area contributed by atoms with Crippen LogP contribution in [-0.4, -0.2) is 59.9 Å². The minimum atomic E-state index is -0.0477. The Morgan fingerprint density at radius 2 is 1.89 bits per heavy atom. The zero-order valence-corrected chi connectivity index (χ0v) is 15.4. The maximum absolute atomic E-state index is 12.6. The number of aromatic nitrogens is 1. The van der Waals surface area contributed by atoms with Crippen molar-refractivity contribution in [3.8, 4) is 5.75 Å². The molecule has 0 radical (unpaired) electrons. The van der Waals surface area contributed by atoms with Gasteiger partial charge >= 0.3 is 0 Å². The van der Waals surface area contributed by atoms with Gasteiger partial charge in [-0.2, -0.15) is 0 Å². The second-order valence-electron chi connectivity index (χ2n) is 6.32. The van der Waals surface area contributed by atoms with E-state index in [0.717, 1.165) is 17.7 Å². The van der Waals surface area contributed by atoms with E-state index >= 15 is 0 Å². The van der Waals surface area contributed by atoms with E-state index in [1.54, 1.807) is 53.6 Å². The molecule has 0 atom stereocenters. The Bertz CT molecular complexity index is 820. The summed E-state index contributed by atoms with van der Waals surface area (Å²) in [5.74, 6) is 0.668. The van der Waals surface area contributed by atoms with E-state index in [1.165, 1.54) is 0 Å². The van der Waals surface area contributed by atoms with Crippen molar-refractivity contribution in [2.75, 3.05) is 33.3 Å². The van der Waals surface area contributed by atoms with Gasteiger partial charge in [0.2, 0.25) is 5.91 Å². The number of ether oxygens (including phenoxy) is 1. The molecular weight excluding hydrogens is 342 g/mol. The van der Waals surface area contributed by atoms with Crippen molar-refractivity contribution in [1.29, 1.82) is 0 Å². The first-order valence-electron chi connectivity index (χ1n) is 8.98. The molecule has 0 N–H and O–H groups in total. The molecule has 140 valence electrons. The summed E-state index contributed by atoms with van der Waals surface area (Å²) in [6.07, 6.45) is 7.34. The van der Waals surface area contributed by atoms with E-state index in [-0.39, 0.29) is 11.8 Å². The van der Waals surface area contributed by atoms with Crippen LogP contribution in [-0.2, 0) is 4.79 Å². The van der Waals surface area contributed by atoms with Gasteiger partial charge in [0, 0.05) is 44.6 Å². The number of pyridine rings is 1. The van der Waals surface area contributed by atoms with Gasteiger partial charge in [-0.1, -0.05) is 12.1 Å². The van der Waals surface area contributed by atoms with Crippen LogP contribution in [0.25, 0.3) is 6.08 Å². The third kappa shape index (κ3) is 4.94. The third-order valence-electron chi connectivity index (χ3n) is 4.52. The summed E-state index contributed by atoms with van der Waals surface area (Å²) in [5.41, 5.74) is 1.49. The van der Waals surface area contributed by atoms with Gasteiger partial charge in [0.05, 0.1) is 12.7 Å². The molecule has 1 saturated heterocycles. The molecule has 0 unspecified atom stereocenters. The highest BCUT2D eigenvalue weighted by molar-refractivity contribution is 5.94. The van der Waals surface area contributed by atoms with Crippen LogP contribution in [0, 0.1) is 0 Å². The minimum absolute atomic E-state index is 0.0377. The van der Waals surface area contributed by atoms with Gasteiger partial charge in [-0.05, 0) is 42.3 Å². The number of methoxy groups -OCH3 is 1. The standard InChI is InChI=1S/C21H23N3O3/c1-27-19-7-2-5-17(15-19)8-9-20(25)23-11-4-12-24(14-13-23)21(26)18-6-3-10-22-16-18/h2-3,5-10,15-16H,4,11-14H2,1H3/b9-8+. The van der Waals surface area contributed by atoms with Crippen LogP contribution >= 0.6 is 0 Å². The number of hydrogen-bond acceptors (Lipinski definition) is 4. The van der Waals surface area contributed by atoms with E-state index in [1.807, 2.05) is 24.3 Å². The highest BCUT2D eigenvalue weighted by Crippen LogP contribution is 2.14. The topological polar surface area (TPSA) is 62.7 Å². The van der Waals surface area contributed by atoms with Crippen LogP contribution in [0.3, 0.4) is 0 Å². The zero-order valence-electron chi connectivity index (χ0n) is 15.4.